The van der Waals surface area contributed by atoms with E-state index in [1.165, 1.54) is 0 Å². The lowest BCUT2D eigenvalue weighted by Crippen LogP contribution is -2.37. The largest absolute Gasteiger partial charge is 0.463 e. The molecule has 0 aliphatic carbocycles. The van der Waals surface area contributed by atoms with Gasteiger partial charge in [0.25, 0.3) is 5.56 Å². The number of carbonyl (C=O) groups excluding carboxylic acids is 2. The van der Waals surface area contributed by atoms with Crippen LogP contribution < -0.4 is 11.2 Å². The Morgan fingerprint density at radius 1 is 1.35 bits per heavy atom. The fraction of sp³-hybridized carbons (Fsp3) is 0.538. The summed E-state index contributed by atoms with van der Waals surface area (Å²) in [4.78, 5) is 46.8. The molecule has 126 valence electrons. The Labute approximate surface area is 129 Å². The van der Waals surface area contributed by atoms with E-state index in [-0.39, 0.29) is 6.61 Å². The molecular weight excluding hydrogens is 315 g/mol. The number of ether oxygens (including phenoxy) is 3. The number of hydrogen-bond donors (Lipinski definition) is 1. The maximum absolute atomic E-state index is 14.6. The van der Waals surface area contributed by atoms with Crippen molar-refractivity contribution in [1.82, 2.24) is 9.55 Å². The van der Waals surface area contributed by atoms with Crippen molar-refractivity contribution in [3.05, 3.63) is 33.1 Å². The summed E-state index contributed by atoms with van der Waals surface area (Å²) in [6.07, 6.45) is -4.68. The van der Waals surface area contributed by atoms with Crippen molar-refractivity contribution in [2.45, 2.75) is 38.5 Å². The van der Waals surface area contributed by atoms with Gasteiger partial charge in [0.2, 0.25) is 0 Å². The summed E-state index contributed by atoms with van der Waals surface area (Å²) < 4.78 is 30.4. The fourth-order valence-electron chi connectivity index (χ4n) is 2.21. The molecule has 0 amide bonds. The zero-order valence-electron chi connectivity index (χ0n) is 12.4. The van der Waals surface area contributed by atoms with Crippen molar-refractivity contribution in [2.75, 3.05) is 6.61 Å². The van der Waals surface area contributed by atoms with E-state index in [9.17, 15) is 23.6 Å². The van der Waals surface area contributed by atoms with Crippen LogP contribution in [0.3, 0.4) is 0 Å². The van der Waals surface area contributed by atoms with Crippen LogP contribution in [0.5, 0.6) is 0 Å². The minimum Gasteiger partial charge on any atom is -0.463 e. The second kappa shape index (κ2) is 6.73. The topological polar surface area (TPSA) is 117 Å². The maximum Gasteiger partial charge on any atom is 0.330 e. The molecule has 0 spiro atoms. The molecule has 1 aromatic heterocycles. The molecule has 1 saturated heterocycles. The van der Waals surface area contributed by atoms with Crippen LogP contribution in [0, 0.1) is 0 Å². The highest BCUT2D eigenvalue weighted by atomic mass is 19.1. The second-order valence-corrected chi connectivity index (χ2v) is 4.90. The van der Waals surface area contributed by atoms with Gasteiger partial charge in [-0.25, -0.2) is 9.18 Å². The van der Waals surface area contributed by atoms with Crippen LogP contribution in [0.1, 0.15) is 20.1 Å². The number of nitrogens with one attached hydrogen (secondary N) is 1. The summed E-state index contributed by atoms with van der Waals surface area (Å²) in [6.45, 7) is 1.91. The molecule has 1 fully saturated rings. The van der Waals surface area contributed by atoms with Crippen LogP contribution in [0.15, 0.2) is 21.9 Å². The van der Waals surface area contributed by atoms with Crippen LogP contribution in [0.25, 0.3) is 0 Å². The van der Waals surface area contributed by atoms with E-state index in [1.807, 2.05) is 4.98 Å². The van der Waals surface area contributed by atoms with Crippen LogP contribution >= 0.6 is 0 Å². The standard InChI is InChI=1S/C13H15FN2O7/c1-6(17)21-5-8-11(22-7(2)18)10(14)12(23-8)16-4-3-9(19)15-13(16)20/h3-4,8,10-12H,5H2,1-2H3,(H,15,19,20)/t8-,10+,11?,12-/m1/s1. The van der Waals surface area contributed by atoms with Gasteiger partial charge in [0, 0.05) is 26.1 Å². The Morgan fingerprint density at radius 2 is 2.04 bits per heavy atom. The number of halogens is 1. The normalized spacial score (nSPS) is 26.7. The smallest absolute Gasteiger partial charge is 0.330 e. The van der Waals surface area contributed by atoms with Crippen molar-refractivity contribution in [2.24, 2.45) is 0 Å². The average molecular weight is 330 g/mol. The first-order valence-electron chi connectivity index (χ1n) is 6.71. The van der Waals surface area contributed by atoms with Gasteiger partial charge in [-0.15, -0.1) is 0 Å². The van der Waals surface area contributed by atoms with E-state index in [2.05, 4.69) is 0 Å². The van der Waals surface area contributed by atoms with Crippen LogP contribution in [0.4, 0.5) is 4.39 Å². The lowest BCUT2D eigenvalue weighted by molar-refractivity contribution is -0.156. The van der Waals surface area contributed by atoms with Gasteiger partial charge in [-0.1, -0.05) is 0 Å². The van der Waals surface area contributed by atoms with Gasteiger partial charge < -0.3 is 14.2 Å². The Balaban J connectivity index is 2.27. The third kappa shape index (κ3) is 3.83. The Morgan fingerprint density at radius 3 is 2.61 bits per heavy atom. The van der Waals surface area contributed by atoms with Crippen molar-refractivity contribution >= 4 is 11.9 Å². The molecule has 0 aromatic carbocycles. The van der Waals surface area contributed by atoms with E-state index in [1.54, 1.807) is 0 Å². The van der Waals surface area contributed by atoms with E-state index >= 15 is 0 Å². The molecule has 1 N–H and O–H groups in total. The molecule has 0 radical (unpaired) electrons. The summed E-state index contributed by atoms with van der Waals surface area (Å²) in [5, 5.41) is 0. The summed E-state index contributed by atoms with van der Waals surface area (Å²) in [7, 11) is 0. The first kappa shape index (κ1) is 16.9. The predicted molar refractivity (Wildman–Crippen MR) is 72.3 cm³/mol. The Hall–Kier alpha value is -2.49. The maximum atomic E-state index is 14.6. The molecule has 0 saturated carbocycles. The summed E-state index contributed by atoms with van der Waals surface area (Å²) in [6, 6.07) is 1.03. The number of nitrogens with zero attached hydrogens (tertiary/aromatic N) is 1. The Bertz CT molecular complexity index is 713. The zero-order valence-corrected chi connectivity index (χ0v) is 12.4. The fourth-order valence-corrected chi connectivity index (χ4v) is 2.21. The number of H-pyrrole nitrogens is 1. The van der Waals surface area contributed by atoms with E-state index < -0.39 is 47.8 Å². The lowest BCUT2D eigenvalue weighted by atomic mass is 10.1. The van der Waals surface area contributed by atoms with E-state index in [4.69, 9.17) is 14.2 Å². The molecule has 2 rings (SSSR count). The highest BCUT2D eigenvalue weighted by Crippen LogP contribution is 2.33. The minimum atomic E-state index is -1.89. The third-order valence-corrected chi connectivity index (χ3v) is 3.15. The monoisotopic (exact) mass is 330 g/mol. The number of esters is 2. The number of carbonyl (C=O) groups is 2. The van der Waals surface area contributed by atoms with Crippen molar-refractivity contribution in [3.63, 3.8) is 0 Å². The molecular formula is C13H15FN2O7. The molecule has 23 heavy (non-hydrogen) atoms. The highest BCUT2D eigenvalue weighted by molar-refractivity contribution is 5.66. The minimum absolute atomic E-state index is 0.345. The first-order valence-corrected chi connectivity index (χ1v) is 6.71. The average Bonchev–Trinajstić information content (AvgIpc) is 2.73. The van der Waals surface area contributed by atoms with Gasteiger partial charge in [0.15, 0.2) is 18.5 Å². The summed E-state index contributed by atoms with van der Waals surface area (Å²) in [5.74, 6) is -1.36. The number of aromatic amines is 1. The molecule has 1 unspecified atom stereocenters. The molecule has 0 bridgehead atoms. The van der Waals surface area contributed by atoms with Gasteiger partial charge in [-0.2, -0.15) is 0 Å². The second-order valence-electron chi connectivity index (χ2n) is 4.90. The Kier molecular flexibility index (Phi) is 4.94. The van der Waals surface area contributed by atoms with Gasteiger partial charge in [0.1, 0.15) is 12.7 Å². The highest BCUT2D eigenvalue weighted by Gasteiger charge is 2.49. The first-order chi connectivity index (χ1) is 10.8. The molecule has 10 heteroatoms. The van der Waals surface area contributed by atoms with Gasteiger partial charge >= 0.3 is 17.6 Å². The van der Waals surface area contributed by atoms with Crippen molar-refractivity contribution < 1.29 is 28.2 Å². The molecule has 4 atom stereocenters. The van der Waals surface area contributed by atoms with Crippen molar-refractivity contribution in [1.29, 1.82) is 0 Å². The predicted octanol–water partition coefficient (Wildman–Crippen LogP) is -0.733. The number of alkyl halides is 1. The molecule has 1 aliphatic rings. The number of rotatable bonds is 4. The third-order valence-electron chi connectivity index (χ3n) is 3.15. The molecule has 1 aromatic rings. The number of hydrogen-bond acceptors (Lipinski definition) is 7. The van der Waals surface area contributed by atoms with Crippen LogP contribution in [-0.2, 0) is 23.8 Å². The van der Waals surface area contributed by atoms with Gasteiger partial charge in [-0.3, -0.25) is 23.9 Å². The zero-order chi connectivity index (χ0) is 17.1. The molecule has 2 heterocycles. The molecule has 1 aliphatic heterocycles. The molecule has 9 nitrogen and oxygen atoms in total. The van der Waals surface area contributed by atoms with Crippen molar-refractivity contribution in [3.8, 4) is 0 Å². The van der Waals surface area contributed by atoms with Crippen LogP contribution in [-0.4, -0.2) is 46.5 Å². The summed E-state index contributed by atoms with van der Waals surface area (Å²) in [5.41, 5.74) is -1.52. The summed E-state index contributed by atoms with van der Waals surface area (Å²) >= 11 is 0. The SMILES string of the molecule is CC(=O)OC[C@H]1O[C@@H](n2ccc(=O)[nH]c2=O)[C@@H](F)C1OC(C)=O. The quantitative estimate of drug-likeness (QED) is 0.723. The van der Waals surface area contributed by atoms with E-state index in [0.717, 1.165) is 30.7 Å². The van der Waals surface area contributed by atoms with Gasteiger partial charge in [-0.05, 0) is 0 Å². The number of aromatic nitrogens is 2. The van der Waals surface area contributed by atoms with E-state index in [0.29, 0.717) is 0 Å². The lowest BCUT2D eigenvalue weighted by Gasteiger charge is -2.18. The van der Waals surface area contributed by atoms with Gasteiger partial charge in [0.05, 0.1) is 0 Å². The van der Waals surface area contributed by atoms with Crippen LogP contribution in [0.2, 0.25) is 0 Å².